The number of rotatable bonds is 2. The van der Waals surface area contributed by atoms with Gasteiger partial charge in [-0.05, 0) is 59.0 Å². The first-order valence-corrected chi connectivity index (χ1v) is 7.60. The minimum absolute atomic E-state index is 0.205. The second kappa shape index (κ2) is 5.61. The fraction of sp³-hybridized carbons (Fsp3) is 0. The first kappa shape index (κ1) is 14.3. The van der Waals surface area contributed by atoms with Crippen LogP contribution >= 0.6 is 34.2 Å². The number of aromatic carboxylic acids is 1. The van der Waals surface area contributed by atoms with Gasteiger partial charge in [-0.1, -0.05) is 23.7 Å². The number of hydrogen-bond donors (Lipinski definition) is 1. The van der Waals surface area contributed by atoms with E-state index in [0.717, 1.165) is 9.13 Å². The van der Waals surface area contributed by atoms with Crippen LogP contribution < -0.4 is 0 Å². The molecule has 0 saturated heterocycles. The topological polar surface area (TPSA) is 50.2 Å². The third-order valence-corrected chi connectivity index (χ3v) is 4.10. The summed E-state index contributed by atoms with van der Waals surface area (Å²) in [5, 5.41) is 10.5. The summed E-state index contributed by atoms with van der Waals surface area (Å²) in [5.74, 6) is -0.989. The third kappa shape index (κ3) is 2.87. The second-order valence-electron chi connectivity index (χ2n) is 4.53. The molecule has 0 aliphatic carbocycles. The maximum atomic E-state index is 11.5. The van der Waals surface area contributed by atoms with Crippen LogP contribution in [-0.4, -0.2) is 16.1 Å². The number of carboxylic acids is 1. The highest BCUT2D eigenvalue weighted by Gasteiger charge is 2.13. The quantitative estimate of drug-likeness (QED) is 0.615. The van der Waals surface area contributed by atoms with Gasteiger partial charge in [-0.15, -0.1) is 0 Å². The molecule has 1 aromatic heterocycles. The molecule has 0 fully saturated rings. The van der Waals surface area contributed by atoms with Crippen LogP contribution in [0.2, 0.25) is 5.02 Å². The molecule has 0 amide bonds. The van der Waals surface area contributed by atoms with Crippen molar-refractivity contribution >= 4 is 51.1 Å². The van der Waals surface area contributed by atoms with Crippen LogP contribution in [0.4, 0.5) is 0 Å². The lowest BCUT2D eigenvalue weighted by Crippen LogP contribution is -2.00. The minimum Gasteiger partial charge on any atom is -0.478 e. The van der Waals surface area contributed by atoms with Crippen molar-refractivity contribution in [1.29, 1.82) is 0 Å². The largest absolute Gasteiger partial charge is 0.478 e. The van der Waals surface area contributed by atoms with Crippen molar-refractivity contribution in [3.63, 3.8) is 0 Å². The predicted molar refractivity (Wildman–Crippen MR) is 91.9 cm³/mol. The van der Waals surface area contributed by atoms with Crippen molar-refractivity contribution in [3.05, 3.63) is 62.7 Å². The van der Waals surface area contributed by atoms with Crippen molar-refractivity contribution in [2.75, 3.05) is 0 Å². The van der Waals surface area contributed by atoms with E-state index in [4.69, 9.17) is 11.6 Å². The molecule has 1 heterocycles. The zero-order valence-corrected chi connectivity index (χ0v) is 13.6. The molecule has 0 radical (unpaired) electrons. The smallest absolute Gasteiger partial charge is 0.336 e. The molecule has 1 N–H and O–H groups in total. The van der Waals surface area contributed by atoms with E-state index >= 15 is 0 Å². The van der Waals surface area contributed by atoms with Crippen molar-refractivity contribution in [2.24, 2.45) is 0 Å². The monoisotopic (exact) mass is 409 g/mol. The average molecular weight is 410 g/mol. The SMILES string of the molecule is O=C(O)c1cc(-c2ccc(I)cc2)nc2ccc(Cl)cc12. The van der Waals surface area contributed by atoms with Gasteiger partial charge in [0.1, 0.15) is 0 Å². The van der Waals surface area contributed by atoms with Crippen LogP contribution in [0.25, 0.3) is 22.2 Å². The lowest BCUT2D eigenvalue weighted by molar-refractivity contribution is 0.0699. The van der Waals surface area contributed by atoms with E-state index in [2.05, 4.69) is 27.6 Å². The zero-order chi connectivity index (χ0) is 15.0. The highest BCUT2D eigenvalue weighted by Crippen LogP contribution is 2.27. The Kier molecular flexibility index (Phi) is 3.82. The number of carbonyl (C=O) groups is 1. The Morgan fingerprint density at radius 3 is 2.48 bits per heavy atom. The van der Waals surface area contributed by atoms with Gasteiger partial charge < -0.3 is 5.11 Å². The molecule has 5 heteroatoms. The first-order valence-electron chi connectivity index (χ1n) is 6.14. The summed E-state index contributed by atoms with van der Waals surface area (Å²) in [6.45, 7) is 0. The Balaban J connectivity index is 2.28. The summed E-state index contributed by atoms with van der Waals surface area (Å²) in [5.41, 5.74) is 2.34. The molecule has 0 aliphatic rings. The molecule has 3 aromatic rings. The van der Waals surface area contributed by atoms with Gasteiger partial charge in [0.05, 0.1) is 16.8 Å². The molecule has 21 heavy (non-hydrogen) atoms. The highest BCUT2D eigenvalue weighted by atomic mass is 127. The summed E-state index contributed by atoms with van der Waals surface area (Å²) in [7, 11) is 0. The summed E-state index contributed by atoms with van der Waals surface area (Å²) in [6, 6.07) is 14.4. The number of carboxylic acid groups (broad SMARTS) is 1. The van der Waals surface area contributed by atoms with Crippen molar-refractivity contribution in [3.8, 4) is 11.3 Å². The second-order valence-corrected chi connectivity index (χ2v) is 6.21. The Labute approximate surface area is 139 Å². The van der Waals surface area contributed by atoms with E-state index in [0.29, 0.717) is 21.6 Å². The minimum atomic E-state index is -0.989. The van der Waals surface area contributed by atoms with E-state index in [1.165, 1.54) is 0 Å². The van der Waals surface area contributed by atoms with Crippen LogP contribution in [0.3, 0.4) is 0 Å². The number of benzene rings is 2. The maximum absolute atomic E-state index is 11.5. The van der Waals surface area contributed by atoms with Gasteiger partial charge in [0.2, 0.25) is 0 Å². The molecular weight excluding hydrogens is 401 g/mol. The lowest BCUT2D eigenvalue weighted by atomic mass is 10.0. The zero-order valence-electron chi connectivity index (χ0n) is 10.7. The number of aromatic nitrogens is 1. The highest BCUT2D eigenvalue weighted by molar-refractivity contribution is 14.1. The van der Waals surface area contributed by atoms with E-state index in [9.17, 15) is 9.90 Å². The lowest BCUT2D eigenvalue weighted by Gasteiger charge is -2.07. The Bertz CT molecular complexity index is 847. The summed E-state index contributed by atoms with van der Waals surface area (Å²) < 4.78 is 1.11. The van der Waals surface area contributed by atoms with E-state index in [-0.39, 0.29) is 5.56 Å². The first-order chi connectivity index (χ1) is 10.0. The van der Waals surface area contributed by atoms with Crippen molar-refractivity contribution in [2.45, 2.75) is 0 Å². The number of hydrogen-bond acceptors (Lipinski definition) is 2. The molecule has 2 aromatic carbocycles. The molecule has 104 valence electrons. The van der Waals surface area contributed by atoms with E-state index in [1.807, 2.05) is 24.3 Å². The van der Waals surface area contributed by atoms with Crippen LogP contribution in [-0.2, 0) is 0 Å². The van der Waals surface area contributed by atoms with Crippen LogP contribution in [0.1, 0.15) is 10.4 Å². The maximum Gasteiger partial charge on any atom is 0.336 e. The van der Waals surface area contributed by atoms with Crippen molar-refractivity contribution < 1.29 is 9.90 Å². The van der Waals surface area contributed by atoms with Gasteiger partial charge in [0, 0.05) is 19.5 Å². The van der Waals surface area contributed by atoms with Crippen LogP contribution in [0.5, 0.6) is 0 Å². The van der Waals surface area contributed by atoms with Gasteiger partial charge in [0.25, 0.3) is 0 Å². The van der Waals surface area contributed by atoms with Gasteiger partial charge in [0.15, 0.2) is 0 Å². The normalized spacial score (nSPS) is 10.8. The van der Waals surface area contributed by atoms with Gasteiger partial charge >= 0.3 is 5.97 Å². The predicted octanol–water partition coefficient (Wildman–Crippen LogP) is 4.86. The van der Waals surface area contributed by atoms with E-state index < -0.39 is 5.97 Å². The number of halogens is 2. The molecule has 0 aliphatic heterocycles. The summed E-state index contributed by atoms with van der Waals surface area (Å²) in [4.78, 5) is 16.0. The molecular formula is C16H9ClINO2. The van der Waals surface area contributed by atoms with Gasteiger partial charge in [-0.25, -0.2) is 9.78 Å². The third-order valence-electron chi connectivity index (χ3n) is 3.14. The number of fused-ring (bicyclic) bond motifs is 1. The standard InChI is InChI=1S/C16H9ClINO2/c17-10-3-6-14-12(7-10)13(16(20)21)8-15(19-14)9-1-4-11(18)5-2-9/h1-8H,(H,20,21). The van der Waals surface area contributed by atoms with Gasteiger partial charge in [-0.3, -0.25) is 0 Å². The molecule has 0 atom stereocenters. The van der Waals surface area contributed by atoms with Gasteiger partial charge in [-0.2, -0.15) is 0 Å². The fourth-order valence-corrected chi connectivity index (χ4v) is 2.68. The molecule has 3 nitrogen and oxygen atoms in total. The number of nitrogens with zero attached hydrogens (tertiary/aromatic N) is 1. The molecule has 3 rings (SSSR count). The fourth-order valence-electron chi connectivity index (χ4n) is 2.14. The molecule has 0 saturated carbocycles. The molecule has 0 spiro atoms. The Morgan fingerprint density at radius 1 is 1.10 bits per heavy atom. The molecule has 0 bridgehead atoms. The number of pyridine rings is 1. The average Bonchev–Trinajstić information content (AvgIpc) is 2.46. The summed E-state index contributed by atoms with van der Waals surface area (Å²) >= 11 is 8.17. The van der Waals surface area contributed by atoms with Crippen LogP contribution in [0, 0.1) is 3.57 Å². The Hall–Kier alpha value is -1.66. The molecule has 0 unspecified atom stereocenters. The summed E-state index contributed by atoms with van der Waals surface area (Å²) in [6.07, 6.45) is 0. The van der Waals surface area contributed by atoms with Crippen molar-refractivity contribution in [1.82, 2.24) is 4.98 Å². The van der Waals surface area contributed by atoms with Crippen LogP contribution in [0.15, 0.2) is 48.5 Å². The Morgan fingerprint density at radius 2 is 1.81 bits per heavy atom. The van der Waals surface area contributed by atoms with E-state index in [1.54, 1.807) is 24.3 Å².